The monoisotopic (exact) mass is 798 g/mol. The van der Waals surface area contributed by atoms with E-state index in [9.17, 15) is 56.7 Å². The largest absolute Gasteiger partial charge is 0.480 e. The molecular formula is C29H26N4O13S5. The number of fused-ring (bicyclic) bond motifs is 1. The number of para-hydroxylation sites is 1. The summed E-state index contributed by atoms with van der Waals surface area (Å²) in [7, 11) is -4.23. The number of hydrogen-bond donors (Lipinski definition) is 4. The zero-order chi connectivity index (χ0) is 37.4. The lowest BCUT2D eigenvalue weighted by Crippen LogP contribution is -2.35. The van der Waals surface area contributed by atoms with Crippen molar-refractivity contribution in [2.45, 2.75) is 37.8 Å². The van der Waals surface area contributed by atoms with E-state index in [2.05, 4.69) is 0 Å². The van der Waals surface area contributed by atoms with Gasteiger partial charge in [-0.1, -0.05) is 30.8 Å². The van der Waals surface area contributed by atoms with Crippen LogP contribution in [0.25, 0.3) is 10.5 Å². The minimum Gasteiger partial charge on any atom is -0.480 e. The summed E-state index contributed by atoms with van der Waals surface area (Å²) in [6.07, 6.45) is 2.00. The van der Waals surface area contributed by atoms with E-state index in [1.54, 1.807) is 19.1 Å². The molecule has 0 atom stereocenters. The topological polar surface area (TPSA) is 251 Å². The number of allylic oxidation sites excluding steroid dienone is 1. The Labute approximate surface area is 302 Å². The van der Waals surface area contributed by atoms with E-state index in [0.29, 0.717) is 43.2 Å². The Morgan fingerprint density at radius 1 is 0.824 bits per heavy atom. The summed E-state index contributed by atoms with van der Waals surface area (Å²) in [5, 5.41) is 28.1. The molecule has 0 aliphatic carbocycles. The van der Waals surface area contributed by atoms with Crippen molar-refractivity contribution in [2.75, 3.05) is 23.7 Å². The molecule has 0 bridgehead atoms. The molecule has 1 fully saturated rings. The summed E-state index contributed by atoms with van der Waals surface area (Å²) < 4.78 is 32.9. The normalized spacial score (nSPS) is 17.7. The van der Waals surface area contributed by atoms with Gasteiger partial charge >= 0.3 is 17.9 Å². The van der Waals surface area contributed by atoms with E-state index in [1.807, 2.05) is 23.1 Å². The number of amides is 2. The Morgan fingerprint density at radius 3 is 2.06 bits per heavy atom. The highest BCUT2D eigenvalue weighted by atomic mass is 32.2. The number of nitrogens with zero attached hydrogens (tertiary/aromatic N) is 4. The maximum atomic E-state index is 13.9. The zero-order valence-corrected chi connectivity index (χ0v) is 30.2. The molecule has 22 heteroatoms. The van der Waals surface area contributed by atoms with E-state index in [1.165, 1.54) is 11.8 Å². The number of thiazole rings is 2. The molecule has 51 heavy (non-hydrogen) atoms. The van der Waals surface area contributed by atoms with Crippen LogP contribution in [0, 0.1) is 9.20 Å². The smallest absolute Gasteiger partial charge is 0.323 e. The van der Waals surface area contributed by atoms with Gasteiger partial charge in [0.2, 0.25) is 0 Å². The van der Waals surface area contributed by atoms with Gasteiger partial charge in [0, 0.05) is 11.4 Å². The molecule has 2 aromatic heterocycles. The number of benzene rings is 1. The highest BCUT2D eigenvalue weighted by molar-refractivity contribution is 8.23. The number of carbonyl (C=O) groups excluding carboxylic acids is 2. The number of thioether (sulfide) groups is 2. The predicted octanol–water partition coefficient (Wildman–Crippen LogP) is 0.770. The first-order valence-corrected chi connectivity index (χ1v) is 19.5. The van der Waals surface area contributed by atoms with E-state index in [4.69, 9.17) is 5.11 Å². The molecule has 4 heterocycles. The fourth-order valence-electron chi connectivity index (χ4n) is 5.13. The van der Waals surface area contributed by atoms with Crippen molar-refractivity contribution in [3.05, 3.63) is 74.5 Å². The van der Waals surface area contributed by atoms with Crippen LogP contribution in [0.4, 0.5) is 10.5 Å². The van der Waals surface area contributed by atoms with E-state index in [0.717, 1.165) is 26.5 Å². The number of imide groups is 1. The van der Waals surface area contributed by atoms with Crippen LogP contribution in [0.15, 0.2) is 49.9 Å². The Bertz CT molecular complexity index is 2500. The van der Waals surface area contributed by atoms with Crippen molar-refractivity contribution in [3.8, 4) is 0 Å². The third kappa shape index (κ3) is 8.05. The van der Waals surface area contributed by atoms with E-state index < -0.39 is 80.6 Å². The Balaban J connectivity index is 1.79. The Morgan fingerprint density at radius 2 is 1.45 bits per heavy atom. The van der Waals surface area contributed by atoms with Gasteiger partial charge in [-0.15, -0.1) is 22.7 Å². The highest BCUT2D eigenvalue weighted by Crippen LogP contribution is 2.46. The summed E-state index contributed by atoms with van der Waals surface area (Å²) in [4.78, 5) is 90.9. The molecule has 1 aromatic carbocycles. The number of hydrogen-bond acceptors (Lipinski definition) is 14. The molecule has 0 radical (unpaired) electrons. The van der Waals surface area contributed by atoms with Gasteiger partial charge in [0.05, 0.1) is 21.0 Å². The molecule has 2 aliphatic heterocycles. The average molecular weight is 799 g/mol. The van der Waals surface area contributed by atoms with Crippen molar-refractivity contribution in [3.63, 3.8) is 0 Å². The fraction of sp³-hybridized carbons (Fsp3) is 0.276. The first-order valence-electron chi connectivity index (χ1n) is 14.6. The molecule has 5 rings (SSSR count). The number of carboxylic acids is 3. The summed E-state index contributed by atoms with van der Waals surface area (Å²) in [6.45, 7) is -0.908. The van der Waals surface area contributed by atoms with E-state index >= 15 is 0 Å². The van der Waals surface area contributed by atoms with Gasteiger partial charge in [-0.3, -0.25) is 52.1 Å². The molecule has 3 aromatic rings. The highest BCUT2D eigenvalue weighted by Gasteiger charge is 2.38. The Hall–Kier alpha value is -4.48. The van der Waals surface area contributed by atoms with Gasteiger partial charge in [-0.2, -0.15) is 8.42 Å². The van der Waals surface area contributed by atoms with Crippen molar-refractivity contribution in [1.29, 1.82) is 0 Å². The van der Waals surface area contributed by atoms with Crippen LogP contribution < -0.4 is 25.2 Å². The van der Waals surface area contributed by atoms with Crippen LogP contribution in [0.1, 0.15) is 19.8 Å². The number of anilines is 1. The van der Waals surface area contributed by atoms with Gasteiger partial charge in [0.25, 0.3) is 32.4 Å². The van der Waals surface area contributed by atoms with Crippen molar-refractivity contribution >= 4 is 102 Å². The third-order valence-corrected chi connectivity index (χ3v) is 12.9. The number of aliphatic carboxylic acids is 3. The standard InChI is InChI=1S/C29H26N4O13S5/c1-2-14(10-17-30(8-5-9-51(44,45)46)15-6-3-4-7-16(15)47-17)21-24(40)31(11-18(34)35)27(48-21)22-25(41)32(12-19(36)37)28(49-22)23-26(42)33(13-20(38)39)29(43)50-23/h3-4,6-7,10H,2,5,8-9,11-13H2,1H3,(H,34,35)(H,36,37)(H,38,39)(H,44,45,46)/b17-10-,21-14+,27-22+,28-23+. The first kappa shape index (κ1) is 37.8. The molecule has 17 nitrogen and oxygen atoms in total. The lowest BCUT2D eigenvalue weighted by Gasteiger charge is -2.20. The second-order valence-corrected chi connectivity index (χ2v) is 16.3. The molecule has 2 amide bonds. The lowest BCUT2D eigenvalue weighted by molar-refractivity contribution is -0.140. The average Bonchev–Trinajstić information content (AvgIpc) is 3.73. The molecule has 0 unspecified atom stereocenters. The van der Waals surface area contributed by atoms with Crippen LogP contribution in [-0.4, -0.2) is 90.2 Å². The molecule has 2 aliphatic rings. The quantitative estimate of drug-likeness (QED) is 0.185. The second-order valence-electron chi connectivity index (χ2n) is 10.7. The van der Waals surface area contributed by atoms with Crippen LogP contribution in [0.5, 0.6) is 0 Å². The zero-order valence-electron chi connectivity index (χ0n) is 26.1. The van der Waals surface area contributed by atoms with Gasteiger partial charge in [-0.05, 0) is 48.4 Å². The van der Waals surface area contributed by atoms with Crippen LogP contribution >= 0.6 is 46.2 Å². The molecule has 1 saturated heterocycles. The number of aromatic nitrogens is 2. The molecule has 4 N–H and O–H groups in total. The lowest BCUT2D eigenvalue weighted by atomic mass is 10.2. The molecule has 0 saturated carbocycles. The minimum absolute atomic E-state index is 0.0524. The van der Waals surface area contributed by atoms with Crippen molar-refractivity contribution < 1.29 is 52.3 Å². The molecule has 270 valence electrons. The number of rotatable bonds is 12. The molecular weight excluding hydrogens is 773 g/mol. The van der Waals surface area contributed by atoms with E-state index in [-0.39, 0.29) is 37.8 Å². The Kier molecular flexibility index (Phi) is 11.1. The van der Waals surface area contributed by atoms with Crippen molar-refractivity contribution in [1.82, 2.24) is 14.0 Å². The summed E-state index contributed by atoms with van der Waals surface area (Å²) in [5.41, 5.74) is -0.570. The molecule has 0 spiro atoms. The SMILES string of the molecule is CCC(/C=C1\Sc2ccccc2N1CCCS(=O)(=O)O)=c1\s/c(=c2/s/c(=C3/SC(=O)N(CC(=O)O)C3=O)n(CC(=O)O)c2=O)n(CC(=O)O)c1=O. The van der Waals surface area contributed by atoms with Gasteiger partial charge < -0.3 is 20.2 Å². The minimum atomic E-state index is -4.23. The summed E-state index contributed by atoms with van der Waals surface area (Å²) in [6, 6.07) is 7.28. The maximum Gasteiger partial charge on any atom is 0.323 e. The van der Waals surface area contributed by atoms with Crippen LogP contribution in [0.2, 0.25) is 0 Å². The second kappa shape index (κ2) is 15.0. The third-order valence-electron chi connectivity index (χ3n) is 7.28. The van der Waals surface area contributed by atoms with Crippen molar-refractivity contribution in [2.24, 2.45) is 0 Å². The first-order chi connectivity index (χ1) is 24.0. The summed E-state index contributed by atoms with van der Waals surface area (Å²) >= 11 is 2.98. The predicted molar refractivity (Wildman–Crippen MR) is 188 cm³/mol. The number of carboxylic acid groups (broad SMARTS) is 3. The fourth-order valence-corrected chi connectivity index (χ4v) is 10.3. The van der Waals surface area contributed by atoms with Gasteiger partial charge in [0.1, 0.15) is 38.4 Å². The van der Waals surface area contributed by atoms with Crippen LogP contribution in [0.3, 0.4) is 0 Å². The summed E-state index contributed by atoms with van der Waals surface area (Å²) in [5.74, 6) is -5.97. The number of carbonyl (C=O) groups is 5. The van der Waals surface area contributed by atoms with Gasteiger partial charge in [0.15, 0.2) is 0 Å². The maximum absolute atomic E-state index is 13.9. The van der Waals surface area contributed by atoms with Gasteiger partial charge in [-0.25, -0.2) is 0 Å². The van der Waals surface area contributed by atoms with Crippen LogP contribution in [-0.2, 0) is 42.4 Å².